The van der Waals surface area contributed by atoms with Crippen molar-refractivity contribution in [2.24, 2.45) is 11.7 Å². The van der Waals surface area contributed by atoms with Crippen LogP contribution in [0.4, 0.5) is 0 Å². The van der Waals surface area contributed by atoms with E-state index in [1.54, 1.807) is 9.80 Å². The number of fused-ring (bicyclic) bond motifs is 1. The molecule has 2 N–H and O–H groups in total. The summed E-state index contributed by atoms with van der Waals surface area (Å²) in [6.45, 7) is 0.973. The van der Waals surface area contributed by atoms with Crippen molar-refractivity contribution < 1.29 is 9.59 Å². The summed E-state index contributed by atoms with van der Waals surface area (Å²) in [4.78, 5) is 29.9. The zero-order valence-corrected chi connectivity index (χ0v) is 16.2. The number of nitrogens with two attached hydrogens (primary N) is 1. The fourth-order valence-corrected chi connectivity index (χ4v) is 5.16. The molecular weight excluding hydrogens is 352 g/mol. The molecule has 3 aliphatic rings. The van der Waals surface area contributed by atoms with Gasteiger partial charge in [0.05, 0.1) is 18.0 Å². The summed E-state index contributed by atoms with van der Waals surface area (Å²) in [7, 11) is 0. The summed E-state index contributed by atoms with van der Waals surface area (Å²) in [5, 5.41) is 9.63. The van der Waals surface area contributed by atoms with Gasteiger partial charge in [-0.3, -0.25) is 9.59 Å². The lowest BCUT2D eigenvalue weighted by molar-refractivity contribution is -0.146. The number of rotatable bonds is 2. The maximum Gasteiger partial charge on any atom is 0.245 e. The summed E-state index contributed by atoms with van der Waals surface area (Å²) >= 11 is 0. The van der Waals surface area contributed by atoms with Gasteiger partial charge in [-0.15, -0.1) is 0 Å². The normalized spacial score (nSPS) is 33.1. The maximum atomic E-state index is 13.4. The number of amides is 2. The third-order valence-corrected chi connectivity index (χ3v) is 6.69. The molecule has 4 rings (SSSR count). The number of carbonyl (C=O) groups is 2. The molecule has 0 bridgehead atoms. The molecular formula is C22H28N4O2. The van der Waals surface area contributed by atoms with Crippen LogP contribution >= 0.6 is 0 Å². The van der Waals surface area contributed by atoms with Gasteiger partial charge < -0.3 is 15.5 Å². The van der Waals surface area contributed by atoms with Crippen molar-refractivity contribution in [2.75, 3.05) is 13.1 Å². The minimum atomic E-state index is -0.501. The van der Waals surface area contributed by atoms with E-state index < -0.39 is 12.1 Å². The van der Waals surface area contributed by atoms with E-state index in [9.17, 15) is 14.9 Å². The summed E-state index contributed by atoms with van der Waals surface area (Å²) in [5.41, 5.74) is 7.20. The molecule has 0 spiro atoms. The number of nitrogens with zero attached hydrogens (tertiary/aromatic N) is 3. The van der Waals surface area contributed by atoms with E-state index in [1.165, 1.54) is 0 Å². The molecule has 0 aliphatic carbocycles. The monoisotopic (exact) mass is 380 g/mol. The van der Waals surface area contributed by atoms with E-state index in [4.69, 9.17) is 5.73 Å². The molecule has 5 atom stereocenters. The highest BCUT2D eigenvalue weighted by molar-refractivity contribution is 5.91. The van der Waals surface area contributed by atoms with E-state index in [1.807, 2.05) is 30.3 Å². The van der Waals surface area contributed by atoms with Crippen molar-refractivity contribution in [3.63, 3.8) is 0 Å². The van der Waals surface area contributed by atoms with Gasteiger partial charge in [0.25, 0.3) is 0 Å². The molecule has 0 saturated carbocycles. The fraction of sp³-hybridized carbons (Fsp3) is 0.591. The van der Waals surface area contributed by atoms with Crippen LogP contribution in [0.15, 0.2) is 30.3 Å². The summed E-state index contributed by atoms with van der Waals surface area (Å²) in [6, 6.07) is 11.5. The van der Waals surface area contributed by atoms with Gasteiger partial charge in [-0.1, -0.05) is 43.2 Å². The van der Waals surface area contributed by atoms with E-state index in [0.29, 0.717) is 25.9 Å². The Bertz CT molecular complexity index is 774. The molecule has 2 amide bonds. The van der Waals surface area contributed by atoms with Crippen molar-refractivity contribution in [2.45, 2.75) is 62.6 Å². The predicted molar refractivity (Wildman–Crippen MR) is 105 cm³/mol. The third kappa shape index (κ3) is 3.40. The largest absolute Gasteiger partial charge is 0.339 e. The zero-order chi connectivity index (χ0) is 19.7. The number of hydrogen-bond acceptors (Lipinski definition) is 4. The van der Waals surface area contributed by atoms with Crippen molar-refractivity contribution in [1.82, 2.24) is 9.80 Å². The first-order valence-electron chi connectivity index (χ1n) is 10.4. The maximum absolute atomic E-state index is 13.4. The number of carbonyl (C=O) groups excluding carboxylic acids is 2. The zero-order valence-electron chi connectivity index (χ0n) is 16.2. The molecule has 1 aromatic rings. The highest BCUT2D eigenvalue weighted by Gasteiger charge is 2.46. The summed E-state index contributed by atoms with van der Waals surface area (Å²) < 4.78 is 0. The second-order valence-corrected chi connectivity index (χ2v) is 8.38. The molecule has 1 aromatic carbocycles. The van der Waals surface area contributed by atoms with E-state index in [-0.39, 0.29) is 29.7 Å². The highest BCUT2D eigenvalue weighted by Crippen LogP contribution is 2.36. The second kappa shape index (κ2) is 7.92. The van der Waals surface area contributed by atoms with Gasteiger partial charge in [-0.25, -0.2) is 0 Å². The molecule has 3 fully saturated rings. The Morgan fingerprint density at radius 2 is 1.82 bits per heavy atom. The van der Waals surface area contributed by atoms with Crippen LogP contribution < -0.4 is 5.73 Å². The smallest absolute Gasteiger partial charge is 0.245 e. The number of nitriles is 1. The van der Waals surface area contributed by atoms with Crippen LogP contribution in [0.5, 0.6) is 0 Å². The van der Waals surface area contributed by atoms with Crippen LogP contribution in [0.25, 0.3) is 0 Å². The molecule has 3 saturated heterocycles. The fourth-order valence-electron chi connectivity index (χ4n) is 5.16. The van der Waals surface area contributed by atoms with Crippen molar-refractivity contribution in [1.29, 1.82) is 5.26 Å². The Balaban J connectivity index is 1.53. The number of benzene rings is 1. The first kappa shape index (κ1) is 18.9. The summed E-state index contributed by atoms with van der Waals surface area (Å²) in [5.74, 6) is -0.273. The van der Waals surface area contributed by atoms with Gasteiger partial charge >= 0.3 is 0 Å². The quantitative estimate of drug-likeness (QED) is 0.850. The van der Waals surface area contributed by atoms with Gasteiger partial charge in [0.1, 0.15) is 6.04 Å². The molecule has 148 valence electrons. The molecule has 0 unspecified atom stereocenters. The van der Waals surface area contributed by atoms with Crippen LogP contribution in [-0.4, -0.2) is 52.8 Å². The minimum absolute atomic E-state index is 0.0118. The third-order valence-electron chi connectivity index (χ3n) is 6.69. The first-order chi connectivity index (χ1) is 13.6. The van der Waals surface area contributed by atoms with Crippen LogP contribution in [0.2, 0.25) is 0 Å². The average Bonchev–Trinajstić information content (AvgIpc) is 3.34. The standard InChI is InChI=1S/C22H28N4O2/c23-12-16-13-25(14-18(16)15-6-2-1-3-7-15)22(28)20-11-10-17-8-4-5-9-19(24)21(27)26(17)20/h1-3,6-7,16-20H,4-5,8-11,13-14,24H2/t16-,17+,18+,19+,20+/m1/s1. The lowest BCUT2D eigenvalue weighted by atomic mass is 9.90. The Morgan fingerprint density at radius 1 is 1.07 bits per heavy atom. The van der Waals surface area contributed by atoms with Crippen LogP contribution in [-0.2, 0) is 9.59 Å². The lowest BCUT2D eigenvalue weighted by Crippen LogP contribution is -2.55. The van der Waals surface area contributed by atoms with E-state index >= 15 is 0 Å². The number of hydrogen-bond donors (Lipinski definition) is 1. The van der Waals surface area contributed by atoms with Crippen molar-refractivity contribution in [3.8, 4) is 6.07 Å². The van der Waals surface area contributed by atoms with Crippen molar-refractivity contribution >= 4 is 11.8 Å². The SMILES string of the molecule is N#C[C@@H]1CN(C(=O)[C@@H]2CC[C@@H]3CCCC[C@H](N)C(=O)N32)C[C@H]1c1ccccc1. The Kier molecular flexibility index (Phi) is 5.36. The van der Waals surface area contributed by atoms with Gasteiger partial charge in [-0.2, -0.15) is 5.26 Å². The van der Waals surface area contributed by atoms with E-state index in [0.717, 1.165) is 31.2 Å². The average molecular weight is 380 g/mol. The molecule has 3 heterocycles. The van der Waals surface area contributed by atoms with E-state index in [2.05, 4.69) is 6.07 Å². The summed E-state index contributed by atoms with van der Waals surface area (Å²) in [6.07, 6.45) is 5.25. The molecule has 28 heavy (non-hydrogen) atoms. The van der Waals surface area contributed by atoms with Gasteiger partial charge in [-0.05, 0) is 31.2 Å². The number of likely N-dealkylation sites (tertiary alicyclic amines) is 1. The first-order valence-corrected chi connectivity index (χ1v) is 10.4. The Hall–Kier alpha value is -2.39. The van der Waals surface area contributed by atoms with Crippen LogP contribution in [0, 0.1) is 17.2 Å². The van der Waals surface area contributed by atoms with Crippen LogP contribution in [0.3, 0.4) is 0 Å². The highest BCUT2D eigenvalue weighted by atomic mass is 16.2. The molecule has 0 radical (unpaired) electrons. The Labute approximate surface area is 166 Å². The second-order valence-electron chi connectivity index (χ2n) is 8.38. The Morgan fingerprint density at radius 3 is 2.57 bits per heavy atom. The predicted octanol–water partition coefficient (Wildman–Crippen LogP) is 2.01. The molecule has 3 aliphatic heterocycles. The van der Waals surface area contributed by atoms with Crippen LogP contribution in [0.1, 0.15) is 50.0 Å². The molecule has 6 nitrogen and oxygen atoms in total. The van der Waals surface area contributed by atoms with Gasteiger partial charge in [0.15, 0.2) is 0 Å². The van der Waals surface area contributed by atoms with Gasteiger partial charge in [0, 0.05) is 25.0 Å². The minimum Gasteiger partial charge on any atom is -0.339 e. The topological polar surface area (TPSA) is 90.4 Å². The molecule has 0 aromatic heterocycles. The molecule has 6 heteroatoms. The van der Waals surface area contributed by atoms with Crippen molar-refractivity contribution in [3.05, 3.63) is 35.9 Å². The van der Waals surface area contributed by atoms with Gasteiger partial charge in [0.2, 0.25) is 11.8 Å². The lowest BCUT2D eigenvalue weighted by Gasteiger charge is -2.35.